The Labute approximate surface area is 156 Å². The molecule has 136 valence electrons. The van der Waals surface area contributed by atoms with E-state index < -0.39 is 0 Å². The summed E-state index contributed by atoms with van der Waals surface area (Å²) in [7, 11) is 1.76. The first-order valence-electron chi connectivity index (χ1n) is 8.39. The quantitative estimate of drug-likeness (QED) is 0.633. The second-order valence-corrected chi connectivity index (χ2v) is 6.81. The zero-order valence-corrected chi connectivity index (χ0v) is 15.9. The molecule has 0 aliphatic rings. The Kier molecular flexibility index (Phi) is 5.68. The Balaban J connectivity index is 1.61. The highest BCUT2D eigenvalue weighted by Crippen LogP contribution is 2.26. The maximum atomic E-state index is 12.4. The zero-order valence-electron chi connectivity index (χ0n) is 15.1. The van der Waals surface area contributed by atoms with Crippen molar-refractivity contribution in [2.75, 3.05) is 13.7 Å². The van der Waals surface area contributed by atoms with Crippen LogP contribution in [0.25, 0.3) is 10.6 Å². The van der Waals surface area contributed by atoms with E-state index in [0.29, 0.717) is 13.2 Å². The largest absolute Gasteiger partial charge is 0.494 e. The molecule has 3 aromatic rings. The van der Waals surface area contributed by atoms with Crippen LogP contribution in [-0.4, -0.2) is 34.6 Å². The summed E-state index contributed by atoms with van der Waals surface area (Å²) in [6.45, 7) is 4.85. The molecular formula is C19H21N3O3S. The molecule has 1 aromatic carbocycles. The Bertz CT molecular complexity index is 870. The maximum absolute atomic E-state index is 12.4. The predicted molar refractivity (Wildman–Crippen MR) is 100 cm³/mol. The molecule has 2 aromatic heterocycles. The number of likely N-dealkylation sites (N-methyl/N-ethyl adjacent to an activating group) is 1. The van der Waals surface area contributed by atoms with Crippen LogP contribution >= 0.6 is 11.3 Å². The van der Waals surface area contributed by atoms with Gasteiger partial charge in [0.05, 0.1) is 25.3 Å². The molecule has 26 heavy (non-hydrogen) atoms. The Hall–Kier alpha value is -2.67. The van der Waals surface area contributed by atoms with Gasteiger partial charge in [-0.1, -0.05) is 5.16 Å². The summed E-state index contributed by atoms with van der Waals surface area (Å²) in [5, 5.41) is 6.74. The highest BCUT2D eigenvalue weighted by molar-refractivity contribution is 7.13. The van der Waals surface area contributed by atoms with Gasteiger partial charge >= 0.3 is 0 Å². The van der Waals surface area contributed by atoms with E-state index in [4.69, 9.17) is 9.26 Å². The topological polar surface area (TPSA) is 68.5 Å². The number of aryl methyl sites for hydroxylation is 1. The van der Waals surface area contributed by atoms with Gasteiger partial charge in [0.1, 0.15) is 22.2 Å². The molecule has 0 spiro atoms. The summed E-state index contributed by atoms with van der Waals surface area (Å²) < 4.78 is 10.5. The van der Waals surface area contributed by atoms with Crippen LogP contribution in [0.3, 0.4) is 0 Å². The summed E-state index contributed by atoms with van der Waals surface area (Å²) in [6.07, 6.45) is 0.265. The van der Waals surface area contributed by atoms with Gasteiger partial charge in [0.15, 0.2) is 0 Å². The van der Waals surface area contributed by atoms with Crippen LogP contribution in [-0.2, 0) is 17.8 Å². The van der Waals surface area contributed by atoms with Crippen LogP contribution in [0.2, 0.25) is 0 Å². The summed E-state index contributed by atoms with van der Waals surface area (Å²) >= 11 is 1.53. The molecule has 0 unspecified atom stereocenters. The van der Waals surface area contributed by atoms with E-state index in [9.17, 15) is 4.79 Å². The first-order chi connectivity index (χ1) is 12.5. The molecular weight excluding hydrogens is 350 g/mol. The van der Waals surface area contributed by atoms with Gasteiger partial charge in [-0.15, -0.1) is 11.3 Å². The fourth-order valence-electron chi connectivity index (χ4n) is 2.49. The van der Waals surface area contributed by atoms with Gasteiger partial charge in [-0.25, -0.2) is 4.98 Å². The summed E-state index contributed by atoms with van der Waals surface area (Å²) in [6, 6.07) is 9.65. The SMILES string of the molecule is CCOc1ccc(-c2nc(CC(=O)N(C)Cc3cc(C)on3)cs2)cc1. The monoisotopic (exact) mass is 371 g/mol. The predicted octanol–water partition coefficient (Wildman–Crippen LogP) is 3.71. The second-order valence-electron chi connectivity index (χ2n) is 5.96. The summed E-state index contributed by atoms with van der Waals surface area (Å²) in [5.41, 5.74) is 2.53. The molecule has 0 saturated heterocycles. The average molecular weight is 371 g/mol. The number of hydrogen-bond acceptors (Lipinski definition) is 6. The molecule has 7 heteroatoms. The molecule has 0 radical (unpaired) electrons. The number of carbonyl (C=O) groups excluding carboxylic acids is 1. The van der Waals surface area contributed by atoms with Gasteiger partial charge in [-0.2, -0.15) is 0 Å². The van der Waals surface area contributed by atoms with E-state index in [-0.39, 0.29) is 12.3 Å². The van der Waals surface area contributed by atoms with Crippen LogP contribution in [0.5, 0.6) is 5.75 Å². The number of aromatic nitrogens is 2. The van der Waals surface area contributed by atoms with Gasteiger partial charge in [-0.3, -0.25) is 4.79 Å². The number of rotatable bonds is 7. The number of nitrogens with zero attached hydrogens (tertiary/aromatic N) is 3. The van der Waals surface area contributed by atoms with Gasteiger partial charge in [0.25, 0.3) is 0 Å². The lowest BCUT2D eigenvalue weighted by Gasteiger charge is -2.14. The molecule has 1 amide bonds. The fourth-order valence-corrected chi connectivity index (χ4v) is 3.32. The Morgan fingerprint density at radius 1 is 1.27 bits per heavy atom. The van der Waals surface area contributed by atoms with Crippen molar-refractivity contribution < 1.29 is 14.1 Å². The van der Waals surface area contributed by atoms with E-state index in [1.54, 1.807) is 11.9 Å². The number of hydrogen-bond donors (Lipinski definition) is 0. The fraction of sp³-hybridized carbons (Fsp3) is 0.316. The summed E-state index contributed by atoms with van der Waals surface area (Å²) in [5.74, 6) is 1.57. The first-order valence-corrected chi connectivity index (χ1v) is 9.27. The third kappa shape index (κ3) is 4.49. The van der Waals surface area contributed by atoms with E-state index in [1.807, 2.05) is 49.6 Å². The van der Waals surface area contributed by atoms with Crippen LogP contribution in [0.15, 0.2) is 40.2 Å². The second kappa shape index (κ2) is 8.14. The van der Waals surface area contributed by atoms with Crippen molar-refractivity contribution in [2.45, 2.75) is 26.8 Å². The van der Waals surface area contributed by atoms with Crippen molar-refractivity contribution in [1.82, 2.24) is 15.0 Å². The van der Waals surface area contributed by atoms with Gasteiger partial charge in [0.2, 0.25) is 5.91 Å². The minimum absolute atomic E-state index is 0.00537. The number of ether oxygens (including phenoxy) is 1. The van der Waals surface area contributed by atoms with E-state index in [0.717, 1.165) is 33.5 Å². The normalized spacial score (nSPS) is 10.7. The molecule has 0 atom stereocenters. The third-order valence-corrected chi connectivity index (χ3v) is 4.74. The number of benzene rings is 1. The molecule has 0 bridgehead atoms. The standard InChI is InChI=1S/C19H21N3O3S/c1-4-24-17-7-5-14(6-8-17)19-20-16(12-26-19)10-18(23)22(3)11-15-9-13(2)25-21-15/h5-9,12H,4,10-11H2,1-3H3. The molecule has 0 aliphatic carbocycles. The molecule has 0 aliphatic heterocycles. The average Bonchev–Trinajstić information content (AvgIpc) is 3.25. The van der Waals surface area contributed by atoms with Crippen LogP contribution in [0.4, 0.5) is 0 Å². The number of thiazole rings is 1. The van der Waals surface area contributed by atoms with Crippen molar-refractivity contribution in [3.05, 3.63) is 52.9 Å². The highest BCUT2D eigenvalue weighted by atomic mass is 32.1. The number of carbonyl (C=O) groups is 1. The van der Waals surface area contributed by atoms with E-state index in [1.165, 1.54) is 11.3 Å². The highest BCUT2D eigenvalue weighted by Gasteiger charge is 2.14. The number of amides is 1. The maximum Gasteiger partial charge on any atom is 0.228 e. The Morgan fingerprint density at radius 3 is 2.69 bits per heavy atom. The lowest BCUT2D eigenvalue weighted by Crippen LogP contribution is -2.27. The molecule has 0 fully saturated rings. The lowest BCUT2D eigenvalue weighted by atomic mass is 10.2. The van der Waals surface area contributed by atoms with Crippen molar-refractivity contribution in [1.29, 1.82) is 0 Å². The van der Waals surface area contributed by atoms with E-state index >= 15 is 0 Å². The van der Waals surface area contributed by atoms with Crippen molar-refractivity contribution in [2.24, 2.45) is 0 Å². The molecule has 3 rings (SSSR count). The van der Waals surface area contributed by atoms with Crippen LogP contribution in [0.1, 0.15) is 24.1 Å². The summed E-state index contributed by atoms with van der Waals surface area (Å²) in [4.78, 5) is 18.6. The lowest BCUT2D eigenvalue weighted by molar-refractivity contribution is -0.129. The Morgan fingerprint density at radius 2 is 2.04 bits per heavy atom. The smallest absolute Gasteiger partial charge is 0.228 e. The van der Waals surface area contributed by atoms with Crippen molar-refractivity contribution >= 4 is 17.2 Å². The zero-order chi connectivity index (χ0) is 18.5. The van der Waals surface area contributed by atoms with Crippen LogP contribution in [0, 0.1) is 6.92 Å². The van der Waals surface area contributed by atoms with Crippen molar-refractivity contribution in [3.63, 3.8) is 0 Å². The van der Waals surface area contributed by atoms with E-state index in [2.05, 4.69) is 10.1 Å². The van der Waals surface area contributed by atoms with Gasteiger partial charge in [-0.05, 0) is 38.1 Å². The first kappa shape index (κ1) is 18.1. The minimum Gasteiger partial charge on any atom is -0.494 e. The minimum atomic E-state index is -0.00537. The van der Waals surface area contributed by atoms with Gasteiger partial charge < -0.3 is 14.2 Å². The molecule has 0 saturated carbocycles. The van der Waals surface area contributed by atoms with Crippen LogP contribution < -0.4 is 4.74 Å². The third-order valence-electron chi connectivity index (χ3n) is 3.80. The molecule has 2 heterocycles. The van der Waals surface area contributed by atoms with Gasteiger partial charge in [0, 0.05) is 24.1 Å². The molecule has 0 N–H and O–H groups in total. The molecule has 6 nitrogen and oxygen atoms in total. The van der Waals surface area contributed by atoms with Crippen molar-refractivity contribution in [3.8, 4) is 16.3 Å².